The number of benzene rings is 1. The lowest BCUT2D eigenvalue weighted by molar-refractivity contribution is 0.696. The molecule has 2 aromatic rings. The Morgan fingerprint density at radius 2 is 2.05 bits per heavy atom. The van der Waals surface area contributed by atoms with Crippen LogP contribution in [0, 0.1) is 11.3 Å². The fourth-order valence-electron chi connectivity index (χ4n) is 2.47. The second-order valence-corrected chi connectivity index (χ2v) is 6.72. The standard InChI is InChI=1S/C16H13BrN2S/c17-14-7-3-1-5-11(14)10-19-16-13(9-18)12-6-2-4-8-15(12)20-16/h1,3,5,7,10H,2,4,6,8H2. The summed E-state index contributed by atoms with van der Waals surface area (Å²) in [7, 11) is 0. The van der Waals surface area contributed by atoms with Crippen molar-refractivity contribution in [2.24, 2.45) is 4.99 Å². The SMILES string of the molecule is N#Cc1c(N=Cc2ccccc2Br)sc2c1CCCC2. The monoisotopic (exact) mass is 344 g/mol. The molecule has 0 aliphatic heterocycles. The molecule has 0 unspecified atom stereocenters. The highest BCUT2D eigenvalue weighted by molar-refractivity contribution is 9.10. The number of hydrogen-bond acceptors (Lipinski definition) is 3. The molecule has 3 rings (SSSR count). The Morgan fingerprint density at radius 1 is 1.25 bits per heavy atom. The molecule has 100 valence electrons. The van der Waals surface area contributed by atoms with Crippen LogP contribution in [0.25, 0.3) is 0 Å². The topological polar surface area (TPSA) is 36.1 Å². The third kappa shape index (κ3) is 2.56. The van der Waals surface area contributed by atoms with Crippen molar-refractivity contribution in [3.63, 3.8) is 0 Å². The number of thiophene rings is 1. The summed E-state index contributed by atoms with van der Waals surface area (Å²) in [6, 6.07) is 10.3. The molecular weight excluding hydrogens is 332 g/mol. The molecule has 4 heteroatoms. The Hall–Kier alpha value is -1.44. The first-order chi connectivity index (χ1) is 9.79. The highest BCUT2D eigenvalue weighted by atomic mass is 79.9. The van der Waals surface area contributed by atoms with Crippen molar-refractivity contribution in [2.75, 3.05) is 0 Å². The van der Waals surface area contributed by atoms with Crippen molar-refractivity contribution in [3.05, 3.63) is 50.3 Å². The number of nitrogens with zero attached hydrogens (tertiary/aromatic N) is 2. The maximum atomic E-state index is 9.39. The Morgan fingerprint density at radius 3 is 2.85 bits per heavy atom. The smallest absolute Gasteiger partial charge is 0.134 e. The van der Waals surface area contributed by atoms with Crippen molar-refractivity contribution >= 4 is 38.5 Å². The van der Waals surface area contributed by atoms with Crippen LogP contribution >= 0.6 is 27.3 Å². The summed E-state index contributed by atoms with van der Waals surface area (Å²) in [4.78, 5) is 5.91. The minimum atomic E-state index is 0.785. The van der Waals surface area contributed by atoms with Gasteiger partial charge >= 0.3 is 0 Å². The van der Waals surface area contributed by atoms with Gasteiger partial charge in [0.15, 0.2) is 0 Å². The second-order valence-electron chi connectivity index (χ2n) is 4.78. The van der Waals surface area contributed by atoms with Gasteiger partial charge in [-0.15, -0.1) is 11.3 Å². The third-order valence-electron chi connectivity index (χ3n) is 3.49. The van der Waals surface area contributed by atoms with Gasteiger partial charge in [0, 0.05) is 21.1 Å². The van der Waals surface area contributed by atoms with E-state index in [2.05, 4.69) is 27.0 Å². The van der Waals surface area contributed by atoms with Crippen LogP contribution in [0.1, 0.15) is 34.4 Å². The largest absolute Gasteiger partial charge is 0.244 e. The van der Waals surface area contributed by atoms with Gasteiger partial charge in [0.1, 0.15) is 11.1 Å². The summed E-state index contributed by atoms with van der Waals surface area (Å²) in [6.45, 7) is 0. The lowest BCUT2D eigenvalue weighted by atomic mass is 9.96. The van der Waals surface area contributed by atoms with Gasteiger partial charge in [-0.2, -0.15) is 5.26 Å². The van der Waals surface area contributed by atoms with E-state index >= 15 is 0 Å². The number of hydrogen-bond donors (Lipinski definition) is 0. The number of halogens is 1. The van der Waals surface area contributed by atoms with Gasteiger partial charge in [-0.05, 0) is 37.3 Å². The van der Waals surface area contributed by atoms with Gasteiger partial charge in [-0.3, -0.25) is 0 Å². The molecule has 0 radical (unpaired) electrons. The van der Waals surface area contributed by atoms with Crippen LogP contribution in [0.15, 0.2) is 33.7 Å². The van der Waals surface area contributed by atoms with Crippen LogP contribution in [0.3, 0.4) is 0 Å². The van der Waals surface area contributed by atoms with E-state index in [1.54, 1.807) is 11.3 Å². The molecule has 1 aliphatic rings. The molecule has 0 saturated carbocycles. The van der Waals surface area contributed by atoms with Crippen molar-refractivity contribution in [1.29, 1.82) is 5.26 Å². The van der Waals surface area contributed by atoms with E-state index in [0.717, 1.165) is 33.4 Å². The van der Waals surface area contributed by atoms with Gasteiger partial charge in [0.2, 0.25) is 0 Å². The molecule has 20 heavy (non-hydrogen) atoms. The normalized spacial score (nSPS) is 14.2. The summed E-state index contributed by atoms with van der Waals surface area (Å²) in [5.74, 6) is 0. The van der Waals surface area contributed by atoms with Crippen LogP contribution in [0.5, 0.6) is 0 Å². The molecule has 1 aromatic carbocycles. The molecule has 0 saturated heterocycles. The van der Waals surface area contributed by atoms with Crippen LogP contribution in [-0.2, 0) is 12.8 Å². The highest BCUT2D eigenvalue weighted by Crippen LogP contribution is 2.39. The number of aliphatic imine (C=N–C) groups is 1. The second kappa shape index (κ2) is 5.90. The fourth-order valence-corrected chi connectivity index (χ4v) is 4.04. The fraction of sp³-hybridized carbons (Fsp3) is 0.250. The van der Waals surface area contributed by atoms with E-state index in [-0.39, 0.29) is 0 Å². The number of fused-ring (bicyclic) bond motifs is 1. The van der Waals surface area contributed by atoms with Crippen molar-refractivity contribution in [1.82, 2.24) is 0 Å². The molecule has 1 aromatic heterocycles. The Balaban J connectivity index is 1.97. The molecule has 1 aliphatic carbocycles. The maximum absolute atomic E-state index is 9.39. The average Bonchev–Trinajstić information content (AvgIpc) is 2.84. The average molecular weight is 345 g/mol. The highest BCUT2D eigenvalue weighted by Gasteiger charge is 2.20. The molecule has 0 amide bonds. The molecule has 0 fully saturated rings. The number of aryl methyl sites for hydroxylation is 1. The molecule has 2 nitrogen and oxygen atoms in total. The number of rotatable bonds is 2. The summed E-state index contributed by atoms with van der Waals surface area (Å²) in [6.07, 6.45) is 6.37. The summed E-state index contributed by atoms with van der Waals surface area (Å²) in [5.41, 5.74) is 3.05. The molecule has 0 atom stereocenters. The zero-order valence-corrected chi connectivity index (χ0v) is 13.3. The Bertz CT molecular complexity index is 710. The van der Waals surface area contributed by atoms with E-state index in [9.17, 15) is 5.26 Å². The minimum Gasteiger partial charge on any atom is -0.244 e. The minimum absolute atomic E-state index is 0.785. The number of nitriles is 1. The van der Waals surface area contributed by atoms with E-state index in [0.29, 0.717) is 0 Å². The van der Waals surface area contributed by atoms with E-state index in [1.165, 1.54) is 23.3 Å². The first kappa shape index (κ1) is 13.5. The molecule has 0 N–H and O–H groups in total. The van der Waals surface area contributed by atoms with Gasteiger partial charge in [-0.1, -0.05) is 34.1 Å². The Labute approximate surface area is 130 Å². The van der Waals surface area contributed by atoms with E-state index < -0.39 is 0 Å². The molecule has 0 spiro atoms. The van der Waals surface area contributed by atoms with Crippen LogP contribution < -0.4 is 0 Å². The van der Waals surface area contributed by atoms with Crippen molar-refractivity contribution in [2.45, 2.75) is 25.7 Å². The molecular formula is C16H13BrN2S. The van der Waals surface area contributed by atoms with Crippen LogP contribution in [0.4, 0.5) is 5.00 Å². The van der Waals surface area contributed by atoms with Crippen molar-refractivity contribution in [3.8, 4) is 6.07 Å². The van der Waals surface area contributed by atoms with Crippen LogP contribution in [0.2, 0.25) is 0 Å². The van der Waals surface area contributed by atoms with E-state index in [4.69, 9.17) is 0 Å². The quantitative estimate of drug-likeness (QED) is 0.705. The van der Waals surface area contributed by atoms with Gasteiger partial charge in [0.05, 0.1) is 5.56 Å². The first-order valence-corrected chi connectivity index (χ1v) is 8.24. The zero-order chi connectivity index (χ0) is 13.9. The lowest BCUT2D eigenvalue weighted by Crippen LogP contribution is -1.99. The predicted molar refractivity (Wildman–Crippen MR) is 87.1 cm³/mol. The van der Waals surface area contributed by atoms with E-state index in [1.807, 2.05) is 30.5 Å². The van der Waals surface area contributed by atoms with Crippen LogP contribution in [-0.4, -0.2) is 6.21 Å². The van der Waals surface area contributed by atoms with Crippen molar-refractivity contribution < 1.29 is 0 Å². The van der Waals surface area contributed by atoms with Gasteiger partial charge in [0.25, 0.3) is 0 Å². The molecule has 1 heterocycles. The maximum Gasteiger partial charge on any atom is 0.134 e. The predicted octanol–water partition coefficient (Wildman–Crippen LogP) is 5.01. The Kier molecular flexibility index (Phi) is 4.00. The van der Waals surface area contributed by atoms with Gasteiger partial charge < -0.3 is 0 Å². The van der Waals surface area contributed by atoms with Gasteiger partial charge in [-0.25, -0.2) is 4.99 Å². The summed E-state index contributed by atoms with van der Waals surface area (Å²) < 4.78 is 1.02. The lowest BCUT2D eigenvalue weighted by Gasteiger charge is -2.09. The first-order valence-electron chi connectivity index (χ1n) is 6.63. The third-order valence-corrected chi connectivity index (χ3v) is 5.41. The summed E-state index contributed by atoms with van der Waals surface area (Å²) >= 11 is 5.19. The zero-order valence-electron chi connectivity index (χ0n) is 10.9. The molecule has 0 bridgehead atoms. The summed E-state index contributed by atoms with van der Waals surface area (Å²) in [5, 5.41) is 10.2.